The molecular weight excluding hydrogens is 272 g/mol. The number of benzene rings is 1. The quantitative estimate of drug-likeness (QED) is 0.758. The van der Waals surface area contributed by atoms with Gasteiger partial charge in [0.1, 0.15) is 0 Å². The molecule has 1 aromatic carbocycles. The molecule has 3 N–H and O–H groups in total. The van der Waals surface area contributed by atoms with Crippen LogP contribution in [0, 0.1) is 0 Å². The number of phenols is 2. The van der Waals surface area contributed by atoms with E-state index in [2.05, 4.69) is 16.3 Å². The lowest BCUT2D eigenvalue weighted by molar-refractivity contribution is 0.197. The van der Waals surface area contributed by atoms with Gasteiger partial charge in [0, 0.05) is 36.6 Å². The van der Waals surface area contributed by atoms with Crippen molar-refractivity contribution in [1.29, 1.82) is 0 Å². The molecule has 1 atom stereocenters. The Morgan fingerprint density at radius 3 is 2.60 bits per heavy atom. The topological polar surface area (TPSA) is 55.7 Å². The Morgan fingerprint density at radius 1 is 1.10 bits per heavy atom. The predicted octanol–water partition coefficient (Wildman–Crippen LogP) is 2.15. The van der Waals surface area contributed by atoms with Gasteiger partial charge < -0.3 is 15.5 Å². The average Bonchev–Trinajstić information content (AvgIpc) is 2.99. The number of hydrogen-bond donors (Lipinski definition) is 3. The highest BCUT2D eigenvalue weighted by molar-refractivity contribution is 7.10. The largest absolute Gasteiger partial charge is 0.504 e. The van der Waals surface area contributed by atoms with Gasteiger partial charge in [0.25, 0.3) is 0 Å². The van der Waals surface area contributed by atoms with Crippen LogP contribution in [0.1, 0.15) is 16.5 Å². The van der Waals surface area contributed by atoms with Crippen LogP contribution in [0.25, 0.3) is 0 Å². The first-order chi connectivity index (χ1) is 9.77. The highest BCUT2D eigenvalue weighted by atomic mass is 32.1. The van der Waals surface area contributed by atoms with Gasteiger partial charge >= 0.3 is 0 Å². The number of nitrogens with one attached hydrogen (secondary N) is 1. The number of rotatable bonds is 3. The predicted molar refractivity (Wildman–Crippen MR) is 80.4 cm³/mol. The van der Waals surface area contributed by atoms with E-state index in [1.807, 2.05) is 17.5 Å². The molecule has 0 unspecified atom stereocenters. The number of piperazine rings is 1. The van der Waals surface area contributed by atoms with E-state index < -0.39 is 0 Å². The van der Waals surface area contributed by atoms with Crippen molar-refractivity contribution in [2.24, 2.45) is 0 Å². The van der Waals surface area contributed by atoms with E-state index in [1.54, 1.807) is 17.4 Å². The van der Waals surface area contributed by atoms with Crippen LogP contribution in [0.15, 0.2) is 35.7 Å². The van der Waals surface area contributed by atoms with Gasteiger partial charge in [-0.2, -0.15) is 0 Å². The molecular formula is C15H18N2O2S. The molecule has 0 amide bonds. The van der Waals surface area contributed by atoms with Gasteiger partial charge in [-0.15, -0.1) is 11.3 Å². The molecule has 0 bridgehead atoms. The number of thiophene rings is 1. The van der Waals surface area contributed by atoms with Gasteiger partial charge in [-0.3, -0.25) is 4.90 Å². The molecule has 1 fully saturated rings. The summed E-state index contributed by atoms with van der Waals surface area (Å²) in [5.74, 6) is -0.0661. The van der Waals surface area contributed by atoms with Crippen LogP contribution in [-0.4, -0.2) is 41.3 Å². The summed E-state index contributed by atoms with van der Waals surface area (Å²) in [4.78, 5) is 3.53. The van der Waals surface area contributed by atoms with Crippen LogP contribution in [0.4, 0.5) is 0 Å². The molecule has 20 heavy (non-hydrogen) atoms. The number of aromatic hydroxyl groups is 2. The van der Waals surface area contributed by atoms with E-state index in [-0.39, 0.29) is 17.5 Å². The molecule has 0 saturated carbocycles. The van der Waals surface area contributed by atoms with E-state index in [0.29, 0.717) is 0 Å². The Bertz CT molecular complexity index is 565. The van der Waals surface area contributed by atoms with Gasteiger partial charge in [-0.1, -0.05) is 18.2 Å². The van der Waals surface area contributed by atoms with Crippen LogP contribution in [0.5, 0.6) is 11.5 Å². The van der Waals surface area contributed by atoms with E-state index in [9.17, 15) is 10.2 Å². The Labute approximate surface area is 122 Å². The second-order valence-corrected chi connectivity index (χ2v) is 5.90. The lowest BCUT2D eigenvalue weighted by atomic mass is 10.0. The van der Waals surface area contributed by atoms with Crippen molar-refractivity contribution in [3.63, 3.8) is 0 Å². The van der Waals surface area contributed by atoms with E-state index in [4.69, 9.17) is 0 Å². The van der Waals surface area contributed by atoms with E-state index >= 15 is 0 Å². The molecule has 2 heterocycles. The molecule has 1 aromatic heterocycles. The van der Waals surface area contributed by atoms with Crippen LogP contribution < -0.4 is 5.32 Å². The second kappa shape index (κ2) is 5.83. The fraction of sp³-hybridized carbons (Fsp3) is 0.333. The summed E-state index contributed by atoms with van der Waals surface area (Å²) in [5.41, 5.74) is 0.773. The Balaban J connectivity index is 2.03. The third-order valence-corrected chi connectivity index (χ3v) is 4.59. The third-order valence-electron chi connectivity index (χ3n) is 3.67. The van der Waals surface area contributed by atoms with Gasteiger partial charge in [-0.05, 0) is 17.5 Å². The monoisotopic (exact) mass is 290 g/mol. The normalized spacial score (nSPS) is 18.0. The Kier molecular flexibility index (Phi) is 3.91. The summed E-state index contributed by atoms with van der Waals surface area (Å²) >= 11 is 1.68. The SMILES string of the molecule is Oc1cccc([C@@H](c2cccs2)N2CCNCC2)c1O. The maximum Gasteiger partial charge on any atom is 0.162 e. The molecule has 0 aliphatic carbocycles. The maximum absolute atomic E-state index is 10.2. The zero-order valence-electron chi connectivity index (χ0n) is 11.1. The highest BCUT2D eigenvalue weighted by Crippen LogP contribution is 2.40. The average molecular weight is 290 g/mol. The van der Waals surface area contributed by atoms with E-state index in [0.717, 1.165) is 31.7 Å². The molecule has 4 nitrogen and oxygen atoms in total. The maximum atomic E-state index is 10.2. The first kappa shape index (κ1) is 13.4. The van der Waals surface area contributed by atoms with Crippen molar-refractivity contribution in [3.8, 4) is 11.5 Å². The zero-order valence-corrected chi connectivity index (χ0v) is 11.9. The van der Waals surface area contributed by atoms with Crippen molar-refractivity contribution >= 4 is 11.3 Å². The molecule has 1 saturated heterocycles. The van der Waals surface area contributed by atoms with Crippen molar-refractivity contribution in [2.45, 2.75) is 6.04 Å². The molecule has 0 spiro atoms. The number of nitrogens with zero attached hydrogens (tertiary/aromatic N) is 1. The molecule has 0 radical (unpaired) electrons. The van der Waals surface area contributed by atoms with Gasteiger partial charge in [0.15, 0.2) is 11.5 Å². The standard InChI is InChI=1S/C15H18N2O2S/c18-12-4-1-3-11(15(12)19)14(13-5-2-10-20-13)17-8-6-16-7-9-17/h1-5,10,14,16,18-19H,6-9H2/t14-/m0/s1. The smallest absolute Gasteiger partial charge is 0.162 e. The lowest BCUT2D eigenvalue weighted by Gasteiger charge is -2.35. The third kappa shape index (κ3) is 2.52. The number of para-hydroxylation sites is 1. The minimum Gasteiger partial charge on any atom is -0.504 e. The summed E-state index contributed by atoms with van der Waals surface area (Å²) in [7, 11) is 0. The van der Waals surface area contributed by atoms with E-state index in [1.165, 1.54) is 10.9 Å². The van der Waals surface area contributed by atoms with Gasteiger partial charge in [0.05, 0.1) is 6.04 Å². The Hall–Kier alpha value is -1.56. The zero-order chi connectivity index (χ0) is 13.9. The van der Waals surface area contributed by atoms with Crippen LogP contribution in [0.2, 0.25) is 0 Å². The minimum atomic E-state index is -0.0563. The molecule has 106 valence electrons. The molecule has 5 heteroatoms. The lowest BCUT2D eigenvalue weighted by Crippen LogP contribution is -2.45. The minimum absolute atomic E-state index is 0.00389. The van der Waals surface area contributed by atoms with Crippen LogP contribution >= 0.6 is 11.3 Å². The van der Waals surface area contributed by atoms with Crippen LogP contribution in [-0.2, 0) is 0 Å². The first-order valence-electron chi connectivity index (χ1n) is 6.76. The van der Waals surface area contributed by atoms with Crippen molar-refractivity contribution in [2.75, 3.05) is 26.2 Å². The Morgan fingerprint density at radius 2 is 1.90 bits per heavy atom. The highest BCUT2D eigenvalue weighted by Gasteiger charge is 2.27. The second-order valence-electron chi connectivity index (χ2n) is 4.92. The van der Waals surface area contributed by atoms with Crippen molar-refractivity contribution in [1.82, 2.24) is 10.2 Å². The molecule has 2 aromatic rings. The van der Waals surface area contributed by atoms with Crippen LogP contribution in [0.3, 0.4) is 0 Å². The summed E-state index contributed by atoms with van der Waals surface area (Å²) in [5, 5.41) is 25.4. The van der Waals surface area contributed by atoms with Gasteiger partial charge in [0.2, 0.25) is 0 Å². The molecule has 1 aliphatic heterocycles. The fourth-order valence-electron chi connectivity index (χ4n) is 2.69. The molecule has 1 aliphatic rings. The number of hydrogen-bond acceptors (Lipinski definition) is 5. The van der Waals surface area contributed by atoms with Crippen molar-refractivity contribution < 1.29 is 10.2 Å². The summed E-state index contributed by atoms with van der Waals surface area (Å²) in [6.07, 6.45) is 0. The summed E-state index contributed by atoms with van der Waals surface area (Å²) in [6, 6.07) is 9.30. The van der Waals surface area contributed by atoms with Crippen molar-refractivity contribution in [3.05, 3.63) is 46.2 Å². The fourth-order valence-corrected chi connectivity index (χ4v) is 3.56. The number of phenolic OH excluding ortho intramolecular Hbond substituents is 2. The summed E-state index contributed by atoms with van der Waals surface area (Å²) < 4.78 is 0. The van der Waals surface area contributed by atoms with Gasteiger partial charge in [-0.25, -0.2) is 0 Å². The first-order valence-corrected chi connectivity index (χ1v) is 7.64. The summed E-state index contributed by atoms with van der Waals surface area (Å²) in [6.45, 7) is 3.75. The molecule has 3 rings (SSSR count).